The van der Waals surface area contributed by atoms with Crippen LogP contribution < -0.4 is 5.73 Å². The number of hydrogen-bond donors (Lipinski definition) is 1. The van der Waals surface area contributed by atoms with Crippen molar-refractivity contribution in [1.29, 1.82) is 0 Å². The second-order valence-corrected chi connectivity index (χ2v) is 4.94. The van der Waals surface area contributed by atoms with Gasteiger partial charge < -0.3 is 20.1 Å². The number of rotatable bonds is 2. The van der Waals surface area contributed by atoms with Crippen molar-refractivity contribution in [3.8, 4) is 0 Å². The third kappa shape index (κ3) is 3.18. The molecule has 0 aliphatic carbocycles. The first kappa shape index (κ1) is 12.8. The maximum atomic E-state index is 12.3. The van der Waals surface area contributed by atoms with E-state index in [9.17, 15) is 4.79 Å². The summed E-state index contributed by atoms with van der Waals surface area (Å²) in [5.41, 5.74) is 5.82. The van der Waals surface area contributed by atoms with Gasteiger partial charge >= 0.3 is 0 Å². The molecular formula is C12H22N2O3. The Labute approximate surface area is 102 Å². The fourth-order valence-corrected chi connectivity index (χ4v) is 2.40. The number of amides is 1. The third-order valence-corrected chi connectivity index (χ3v) is 3.56. The van der Waals surface area contributed by atoms with Crippen LogP contribution in [0.1, 0.15) is 19.8 Å². The molecule has 17 heavy (non-hydrogen) atoms. The van der Waals surface area contributed by atoms with Gasteiger partial charge in [-0.15, -0.1) is 0 Å². The Balaban J connectivity index is 1.89. The summed E-state index contributed by atoms with van der Waals surface area (Å²) in [5, 5.41) is 0. The number of nitrogens with two attached hydrogens (primary N) is 1. The summed E-state index contributed by atoms with van der Waals surface area (Å²) in [6.45, 7) is 5.26. The largest absolute Gasteiger partial charge is 0.381 e. The molecule has 2 unspecified atom stereocenters. The highest BCUT2D eigenvalue weighted by Crippen LogP contribution is 2.19. The second-order valence-electron chi connectivity index (χ2n) is 4.94. The standard InChI is InChI=1S/C12H22N2O3/c1-9(13)11-8-14(4-7-17-11)12(15)10-2-5-16-6-3-10/h9-11H,2-8,13H2,1H3. The lowest BCUT2D eigenvalue weighted by Gasteiger charge is -2.37. The van der Waals surface area contributed by atoms with Crippen molar-refractivity contribution < 1.29 is 14.3 Å². The molecule has 98 valence electrons. The minimum Gasteiger partial charge on any atom is -0.381 e. The number of ether oxygens (including phenoxy) is 2. The molecule has 0 aromatic heterocycles. The van der Waals surface area contributed by atoms with E-state index in [4.69, 9.17) is 15.2 Å². The van der Waals surface area contributed by atoms with Crippen LogP contribution >= 0.6 is 0 Å². The molecule has 1 amide bonds. The van der Waals surface area contributed by atoms with E-state index in [1.54, 1.807) is 0 Å². The molecule has 0 aromatic rings. The van der Waals surface area contributed by atoms with Gasteiger partial charge in [0, 0.05) is 38.3 Å². The summed E-state index contributed by atoms with van der Waals surface area (Å²) in [5.74, 6) is 0.387. The molecule has 2 heterocycles. The van der Waals surface area contributed by atoms with Crippen molar-refractivity contribution in [2.75, 3.05) is 32.9 Å². The molecule has 5 nitrogen and oxygen atoms in total. The number of nitrogens with zero attached hydrogens (tertiary/aromatic N) is 1. The summed E-state index contributed by atoms with van der Waals surface area (Å²) in [7, 11) is 0. The maximum Gasteiger partial charge on any atom is 0.226 e. The van der Waals surface area contributed by atoms with E-state index in [1.807, 2.05) is 11.8 Å². The summed E-state index contributed by atoms with van der Waals surface area (Å²) in [6.07, 6.45) is 1.67. The van der Waals surface area contributed by atoms with Crippen LogP contribution in [0.3, 0.4) is 0 Å². The van der Waals surface area contributed by atoms with Gasteiger partial charge in [-0.3, -0.25) is 4.79 Å². The molecule has 2 aliphatic heterocycles. The van der Waals surface area contributed by atoms with Crippen molar-refractivity contribution in [2.45, 2.75) is 31.9 Å². The Bertz CT molecular complexity index is 264. The van der Waals surface area contributed by atoms with Crippen molar-refractivity contribution in [2.24, 2.45) is 11.7 Å². The molecule has 2 atom stereocenters. The molecule has 2 fully saturated rings. The Morgan fingerprint density at radius 1 is 1.35 bits per heavy atom. The average molecular weight is 242 g/mol. The molecule has 2 rings (SSSR count). The van der Waals surface area contributed by atoms with Crippen molar-refractivity contribution in [3.63, 3.8) is 0 Å². The lowest BCUT2D eigenvalue weighted by molar-refractivity contribution is -0.146. The van der Waals surface area contributed by atoms with Gasteiger partial charge in [0.1, 0.15) is 0 Å². The third-order valence-electron chi connectivity index (χ3n) is 3.56. The summed E-state index contributed by atoms with van der Waals surface area (Å²) in [4.78, 5) is 14.2. The first-order valence-electron chi connectivity index (χ1n) is 6.42. The number of hydrogen-bond acceptors (Lipinski definition) is 4. The van der Waals surface area contributed by atoms with Gasteiger partial charge in [0.2, 0.25) is 5.91 Å². The molecule has 0 aromatic carbocycles. The molecule has 5 heteroatoms. The van der Waals surface area contributed by atoms with E-state index >= 15 is 0 Å². The number of carbonyl (C=O) groups excluding carboxylic acids is 1. The van der Waals surface area contributed by atoms with Crippen LogP contribution in [0.15, 0.2) is 0 Å². The van der Waals surface area contributed by atoms with E-state index in [1.165, 1.54) is 0 Å². The predicted molar refractivity (Wildman–Crippen MR) is 63.5 cm³/mol. The number of carbonyl (C=O) groups is 1. The van der Waals surface area contributed by atoms with Gasteiger partial charge in [-0.1, -0.05) is 0 Å². The predicted octanol–water partition coefficient (Wildman–Crippen LogP) is -0.0124. The minimum absolute atomic E-state index is 0.0208. The highest BCUT2D eigenvalue weighted by molar-refractivity contribution is 5.79. The quantitative estimate of drug-likeness (QED) is 0.739. The fourth-order valence-electron chi connectivity index (χ4n) is 2.40. The molecule has 0 saturated carbocycles. The second kappa shape index (κ2) is 5.80. The zero-order chi connectivity index (χ0) is 12.3. The molecule has 2 saturated heterocycles. The Hall–Kier alpha value is -0.650. The van der Waals surface area contributed by atoms with E-state index in [-0.39, 0.29) is 24.0 Å². The Kier molecular flexibility index (Phi) is 4.36. The molecule has 0 spiro atoms. The first-order chi connectivity index (χ1) is 8.18. The zero-order valence-electron chi connectivity index (χ0n) is 10.4. The lowest BCUT2D eigenvalue weighted by atomic mass is 9.98. The average Bonchev–Trinajstić information content (AvgIpc) is 2.39. The smallest absolute Gasteiger partial charge is 0.226 e. The molecule has 2 N–H and O–H groups in total. The highest BCUT2D eigenvalue weighted by atomic mass is 16.5. The van der Waals surface area contributed by atoms with E-state index in [0.717, 1.165) is 12.8 Å². The van der Waals surface area contributed by atoms with E-state index in [2.05, 4.69) is 0 Å². The zero-order valence-corrected chi connectivity index (χ0v) is 10.4. The Morgan fingerprint density at radius 2 is 2.06 bits per heavy atom. The van der Waals surface area contributed by atoms with Crippen LogP contribution in [-0.2, 0) is 14.3 Å². The normalized spacial score (nSPS) is 29.1. The maximum absolute atomic E-state index is 12.3. The van der Waals surface area contributed by atoms with Crippen LogP contribution in [0.5, 0.6) is 0 Å². The van der Waals surface area contributed by atoms with Gasteiger partial charge in [-0.25, -0.2) is 0 Å². The minimum atomic E-state index is -0.0275. The van der Waals surface area contributed by atoms with E-state index < -0.39 is 0 Å². The van der Waals surface area contributed by atoms with Crippen LogP contribution in [0.25, 0.3) is 0 Å². The molecule has 2 aliphatic rings. The monoisotopic (exact) mass is 242 g/mol. The lowest BCUT2D eigenvalue weighted by Crippen LogP contribution is -2.53. The van der Waals surface area contributed by atoms with Crippen LogP contribution in [0.2, 0.25) is 0 Å². The van der Waals surface area contributed by atoms with Gasteiger partial charge in [-0.2, -0.15) is 0 Å². The molecule has 0 radical (unpaired) electrons. The van der Waals surface area contributed by atoms with Crippen LogP contribution in [0, 0.1) is 5.92 Å². The van der Waals surface area contributed by atoms with Gasteiger partial charge in [0.15, 0.2) is 0 Å². The Morgan fingerprint density at radius 3 is 2.71 bits per heavy atom. The van der Waals surface area contributed by atoms with E-state index in [0.29, 0.717) is 32.9 Å². The van der Waals surface area contributed by atoms with Crippen molar-refractivity contribution >= 4 is 5.91 Å². The molecular weight excluding hydrogens is 220 g/mol. The van der Waals surface area contributed by atoms with Gasteiger partial charge in [0.25, 0.3) is 0 Å². The van der Waals surface area contributed by atoms with Crippen LogP contribution in [0.4, 0.5) is 0 Å². The summed E-state index contributed by atoms with van der Waals surface area (Å²) in [6, 6.07) is -0.0275. The summed E-state index contributed by atoms with van der Waals surface area (Å²) >= 11 is 0. The number of morpholine rings is 1. The summed E-state index contributed by atoms with van der Waals surface area (Å²) < 4.78 is 10.8. The molecule has 0 bridgehead atoms. The fraction of sp³-hybridized carbons (Fsp3) is 0.917. The topological polar surface area (TPSA) is 64.8 Å². The van der Waals surface area contributed by atoms with Crippen LogP contribution in [-0.4, -0.2) is 55.9 Å². The van der Waals surface area contributed by atoms with Gasteiger partial charge in [0.05, 0.1) is 12.7 Å². The van der Waals surface area contributed by atoms with Gasteiger partial charge in [-0.05, 0) is 19.8 Å². The van der Waals surface area contributed by atoms with Crippen molar-refractivity contribution in [1.82, 2.24) is 4.90 Å². The SMILES string of the molecule is CC(N)C1CN(C(=O)C2CCOCC2)CCO1. The highest BCUT2D eigenvalue weighted by Gasteiger charge is 2.31. The van der Waals surface area contributed by atoms with Crippen molar-refractivity contribution in [3.05, 3.63) is 0 Å². The first-order valence-corrected chi connectivity index (χ1v) is 6.42.